The molecule has 0 aromatic heterocycles. The number of carbonyl (C=O) groups is 1. The second-order valence-electron chi connectivity index (χ2n) is 3.05. The third kappa shape index (κ3) is 7.01. The Hall–Kier alpha value is -1.37. The van der Waals surface area contributed by atoms with E-state index >= 15 is 0 Å². The van der Waals surface area contributed by atoms with Gasteiger partial charge < -0.3 is 4.79 Å². The van der Waals surface area contributed by atoms with Crippen LogP contribution in [0.1, 0.15) is 26.3 Å². The van der Waals surface area contributed by atoms with Gasteiger partial charge in [0.25, 0.3) is 0 Å². The lowest BCUT2D eigenvalue weighted by Gasteiger charge is -1.94. The average Bonchev–Trinajstić information content (AvgIpc) is 2.05. The minimum Gasteiger partial charge on any atom is -0.300 e. The second-order valence-corrected chi connectivity index (χ2v) is 3.05. The van der Waals surface area contributed by atoms with E-state index in [4.69, 9.17) is 0 Å². The molecule has 0 bridgehead atoms. The van der Waals surface area contributed by atoms with Crippen molar-refractivity contribution in [2.24, 2.45) is 0 Å². The van der Waals surface area contributed by atoms with Gasteiger partial charge in [0.15, 0.2) is 0 Å². The summed E-state index contributed by atoms with van der Waals surface area (Å²) in [4.78, 5) is 9.44. The number of rotatable bonds is 1. The molecule has 1 rings (SSSR count). The van der Waals surface area contributed by atoms with Gasteiger partial charge in [-0.25, -0.2) is 0 Å². The van der Waals surface area contributed by atoms with Gasteiger partial charge in [-0.15, -0.1) is 0 Å². The van der Waals surface area contributed by atoms with Crippen LogP contribution in [0.25, 0.3) is 5.57 Å². The van der Waals surface area contributed by atoms with Gasteiger partial charge in [0.2, 0.25) is 0 Å². The van der Waals surface area contributed by atoms with E-state index in [-0.39, 0.29) is 5.78 Å². The number of carbonyl (C=O) groups excluding carboxylic acids is 1. The molecule has 0 aliphatic carbocycles. The number of hydrogen-bond donors (Lipinski definition) is 0. The van der Waals surface area contributed by atoms with Crippen LogP contribution < -0.4 is 0 Å². The van der Waals surface area contributed by atoms with Crippen LogP contribution in [0.15, 0.2) is 36.9 Å². The topological polar surface area (TPSA) is 17.1 Å². The van der Waals surface area contributed by atoms with Crippen molar-refractivity contribution in [2.45, 2.75) is 20.8 Å². The molecule has 0 aliphatic rings. The second kappa shape index (κ2) is 6.18. The van der Waals surface area contributed by atoms with Crippen LogP contribution in [0.2, 0.25) is 0 Å². The molecule has 13 heavy (non-hydrogen) atoms. The van der Waals surface area contributed by atoms with Crippen molar-refractivity contribution in [2.75, 3.05) is 0 Å². The van der Waals surface area contributed by atoms with Crippen molar-refractivity contribution in [3.63, 3.8) is 0 Å². The number of benzene rings is 1. The zero-order chi connectivity index (χ0) is 10.3. The summed E-state index contributed by atoms with van der Waals surface area (Å²) in [5.41, 5.74) is 2.34. The Morgan fingerprint density at radius 2 is 1.46 bits per heavy atom. The first-order valence-corrected chi connectivity index (χ1v) is 4.22. The zero-order valence-corrected chi connectivity index (χ0v) is 8.50. The van der Waals surface area contributed by atoms with Crippen LogP contribution in [0.5, 0.6) is 0 Å². The van der Waals surface area contributed by atoms with Gasteiger partial charge in [-0.2, -0.15) is 0 Å². The predicted octanol–water partition coefficient (Wildman–Crippen LogP) is 3.32. The highest BCUT2D eigenvalue weighted by Gasteiger charge is 1.86. The Kier molecular flexibility index (Phi) is 5.53. The Balaban J connectivity index is 0.000000310. The van der Waals surface area contributed by atoms with Crippen LogP contribution in [-0.2, 0) is 4.79 Å². The Bertz CT molecular complexity index is 268. The molecule has 0 saturated heterocycles. The quantitative estimate of drug-likeness (QED) is 0.641. The summed E-state index contributed by atoms with van der Waals surface area (Å²) >= 11 is 0. The molecule has 70 valence electrons. The molecule has 0 unspecified atom stereocenters. The molecule has 1 aromatic carbocycles. The monoisotopic (exact) mass is 176 g/mol. The third-order valence-electron chi connectivity index (χ3n) is 1.27. The van der Waals surface area contributed by atoms with Crippen LogP contribution >= 0.6 is 0 Å². The first-order valence-electron chi connectivity index (χ1n) is 4.22. The van der Waals surface area contributed by atoms with Crippen molar-refractivity contribution in [1.82, 2.24) is 0 Å². The molecular formula is C12H16O. The molecule has 0 saturated carbocycles. The lowest BCUT2D eigenvalue weighted by molar-refractivity contribution is -0.114. The molecule has 0 atom stereocenters. The van der Waals surface area contributed by atoms with Gasteiger partial charge in [0, 0.05) is 0 Å². The molecule has 1 aromatic rings. The summed E-state index contributed by atoms with van der Waals surface area (Å²) in [7, 11) is 0. The van der Waals surface area contributed by atoms with Crippen LogP contribution in [0.4, 0.5) is 0 Å². The van der Waals surface area contributed by atoms with Crippen molar-refractivity contribution >= 4 is 11.4 Å². The lowest BCUT2D eigenvalue weighted by atomic mass is 10.1. The largest absolute Gasteiger partial charge is 0.300 e. The fourth-order valence-corrected chi connectivity index (χ4v) is 0.723. The molecule has 0 heterocycles. The Morgan fingerprint density at radius 1 is 1.08 bits per heavy atom. The SMILES string of the molecule is C=C(C)c1ccccc1.CC(C)=O. The summed E-state index contributed by atoms with van der Waals surface area (Å²) in [6.45, 7) is 8.89. The highest BCUT2D eigenvalue weighted by molar-refractivity contribution is 5.72. The van der Waals surface area contributed by atoms with Crippen molar-refractivity contribution in [3.05, 3.63) is 42.5 Å². The predicted molar refractivity (Wildman–Crippen MR) is 57.5 cm³/mol. The molecule has 0 radical (unpaired) electrons. The first kappa shape index (κ1) is 11.6. The fraction of sp³-hybridized carbons (Fsp3) is 0.250. The normalized spacial score (nSPS) is 8.23. The van der Waals surface area contributed by atoms with Gasteiger partial charge in [-0.1, -0.05) is 42.5 Å². The van der Waals surface area contributed by atoms with Crippen molar-refractivity contribution < 1.29 is 4.79 Å². The highest BCUT2D eigenvalue weighted by Crippen LogP contribution is 2.08. The summed E-state index contributed by atoms with van der Waals surface area (Å²) in [6, 6.07) is 10.2. The smallest absolute Gasteiger partial charge is 0.126 e. The molecule has 0 spiro atoms. The van der Waals surface area contributed by atoms with E-state index in [1.807, 2.05) is 25.1 Å². The number of ketones is 1. The maximum absolute atomic E-state index is 9.44. The molecule has 1 nitrogen and oxygen atoms in total. The number of hydrogen-bond acceptors (Lipinski definition) is 1. The molecule has 0 fully saturated rings. The van der Waals surface area contributed by atoms with Gasteiger partial charge in [-0.05, 0) is 26.3 Å². The summed E-state index contributed by atoms with van der Waals surface area (Å²) in [5, 5.41) is 0. The number of allylic oxidation sites excluding steroid dienone is 1. The summed E-state index contributed by atoms with van der Waals surface area (Å²) in [6.07, 6.45) is 0. The van der Waals surface area contributed by atoms with Gasteiger partial charge in [0.1, 0.15) is 5.78 Å². The molecule has 0 amide bonds. The Morgan fingerprint density at radius 3 is 1.69 bits per heavy atom. The minimum absolute atomic E-state index is 0.167. The zero-order valence-electron chi connectivity index (χ0n) is 8.50. The van der Waals surface area contributed by atoms with E-state index in [9.17, 15) is 4.79 Å². The van der Waals surface area contributed by atoms with E-state index in [1.165, 1.54) is 19.4 Å². The Labute approximate surface area is 80.1 Å². The van der Waals surface area contributed by atoms with Gasteiger partial charge in [-0.3, -0.25) is 0 Å². The molecular weight excluding hydrogens is 160 g/mol. The molecule has 0 aliphatic heterocycles. The van der Waals surface area contributed by atoms with E-state index in [2.05, 4.69) is 18.7 Å². The van der Waals surface area contributed by atoms with E-state index in [0.29, 0.717) is 0 Å². The third-order valence-corrected chi connectivity index (χ3v) is 1.27. The maximum atomic E-state index is 9.44. The number of Topliss-reactive ketones (excluding diaryl/α,β-unsaturated/α-hetero) is 1. The summed E-state index contributed by atoms with van der Waals surface area (Å²) < 4.78 is 0. The van der Waals surface area contributed by atoms with Crippen molar-refractivity contribution in [3.8, 4) is 0 Å². The minimum atomic E-state index is 0.167. The van der Waals surface area contributed by atoms with Crippen LogP contribution in [-0.4, -0.2) is 5.78 Å². The standard InChI is InChI=1S/C9H10.C3H6O/c1-8(2)9-6-4-3-5-7-9;1-3(2)4/h3-7H,1H2,2H3;1-2H3. The van der Waals surface area contributed by atoms with Crippen LogP contribution in [0.3, 0.4) is 0 Å². The van der Waals surface area contributed by atoms with E-state index < -0.39 is 0 Å². The fourth-order valence-electron chi connectivity index (χ4n) is 0.723. The lowest BCUT2D eigenvalue weighted by Crippen LogP contribution is -1.72. The van der Waals surface area contributed by atoms with Crippen molar-refractivity contribution in [1.29, 1.82) is 0 Å². The average molecular weight is 176 g/mol. The van der Waals surface area contributed by atoms with Gasteiger partial charge >= 0.3 is 0 Å². The van der Waals surface area contributed by atoms with E-state index in [0.717, 1.165) is 5.57 Å². The molecule has 0 N–H and O–H groups in total. The maximum Gasteiger partial charge on any atom is 0.126 e. The van der Waals surface area contributed by atoms with Crippen LogP contribution in [0, 0.1) is 0 Å². The molecule has 1 heteroatoms. The highest BCUT2D eigenvalue weighted by atomic mass is 16.1. The summed E-state index contributed by atoms with van der Waals surface area (Å²) in [5.74, 6) is 0.167. The van der Waals surface area contributed by atoms with E-state index in [1.54, 1.807) is 0 Å². The first-order chi connectivity index (χ1) is 6.04. The van der Waals surface area contributed by atoms with Gasteiger partial charge in [0.05, 0.1) is 0 Å².